The van der Waals surface area contributed by atoms with Crippen LogP contribution < -0.4 is 16.4 Å². The molecule has 10 heteroatoms. The monoisotopic (exact) mass is 418 g/mol. The van der Waals surface area contributed by atoms with Gasteiger partial charge in [-0.2, -0.15) is 18.3 Å². The minimum absolute atomic E-state index is 0.0154. The zero-order valence-electron chi connectivity index (χ0n) is 16.4. The standard InChI is InChI=1S/C20H21F3N6O/c1-3-29-11-17(12(2)28-29)27-18-8-16(15(10-26-18)20(21,22)23)25-9-13-6-4-5-7-14(13)19(24)30/h4-8,10-11H,3,9H2,1-2H3,(H2,24,30)(H2,25,26,27). The number of nitrogens with two attached hydrogens (primary N) is 1. The van der Waals surface area contributed by atoms with E-state index >= 15 is 0 Å². The van der Waals surface area contributed by atoms with Gasteiger partial charge in [-0.3, -0.25) is 9.48 Å². The van der Waals surface area contributed by atoms with E-state index < -0.39 is 17.6 Å². The van der Waals surface area contributed by atoms with E-state index in [0.717, 1.165) is 6.20 Å². The Morgan fingerprint density at radius 3 is 2.60 bits per heavy atom. The molecule has 0 saturated carbocycles. The molecule has 30 heavy (non-hydrogen) atoms. The molecule has 158 valence electrons. The molecule has 2 aromatic heterocycles. The molecule has 1 amide bonds. The van der Waals surface area contributed by atoms with E-state index in [1.807, 2.05) is 6.92 Å². The van der Waals surface area contributed by atoms with Crippen molar-refractivity contribution in [1.82, 2.24) is 14.8 Å². The molecule has 7 nitrogen and oxygen atoms in total. The number of amides is 1. The molecular weight excluding hydrogens is 397 g/mol. The Morgan fingerprint density at radius 2 is 1.97 bits per heavy atom. The summed E-state index contributed by atoms with van der Waals surface area (Å²) in [7, 11) is 0. The van der Waals surface area contributed by atoms with Gasteiger partial charge in [0, 0.05) is 37.1 Å². The maximum absolute atomic E-state index is 13.5. The lowest BCUT2D eigenvalue weighted by Crippen LogP contribution is -2.16. The highest BCUT2D eigenvalue weighted by Crippen LogP contribution is 2.36. The van der Waals surface area contributed by atoms with Crippen molar-refractivity contribution in [1.29, 1.82) is 0 Å². The number of rotatable bonds is 7. The highest BCUT2D eigenvalue weighted by atomic mass is 19.4. The van der Waals surface area contributed by atoms with Gasteiger partial charge >= 0.3 is 6.18 Å². The van der Waals surface area contributed by atoms with Crippen molar-refractivity contribution < 1.29 is 18.0 Å². The second kappa shape index (κ2) is 8.44. The molecule has 4 N–H and O–H groups in total. The van der Waals surface area contributed by atoms with Crippen LogP contribution in [0.1, 0.15) is 34.1 Å². The first kappa shape index (κ1) is 21.2. The highest BCUT2D eigenvalue weighted by Gasteiger charge is 2.34. The number of alkyl halides is 3. The summed E-state index contributed by atoms with van der Waals surface area (Å²) >= 11 is 0. The molecule has 0 aliphatic carbocycles. The quantitative estimate of drug-likeness (QED) is 0.537. The summed E-state index contributed by atoms with van der Waals surface area (Å²) in [6.07, 6.45) is -2.07. The van der Waals surface area contributed by atoms with Crippen molar-refractivity contribution in [2.24, 2.45) is 5.73 Å². The molecular formula is C20H21F3N6O. The molecule has 0 bridgehead atoms. The average Bonchev–Trinajstić information content (AvgIpc) is 3.05. The van der Waals surface area contributed by atoms with Gasteiger partial charge in [-0.15, -0.1) is 0 Å². The molecule has 0 saturated heterocycles. The van der Waals surface area contributed by atoms with Gasteiger partial charge < -0.3 is 16.4 Å². The molecule has 0 spiro atoms. The molecule has 2 heterocycles. The number of pyridine rings is 1. The number of primary amides is 1. The summed E-state index contributed by atoms with van der Waals surface area (Å²) in [5.41, 5.74) is 6.35. The summed E-state index contributed by atoms with van der Waals surface area (Å²) in [4.78, 5) is 15.5. The van der Waals surface area contributed by atoms with Gasteiger partial charge in [0.25, 0.3) is 0 Å². The summed E-state index contributed by atoms with van der Waals surface area (Å²) in [5, 5.41) is 10.1. The SMILES string of the molecule is CCn1cc(Nc2cc(NCc3ccccc3C(N)=O)c(C(F)(F)F)cn2)c(C)n1. The topological polar surface area (TPSA) is 97.9 Å². The van der Waals surface area contributed by atoms with Gasteiger partial charge in [0.1, 0.15) is 5.82 Å². The number of nitrogens with one attached hydrogen (secondary N) is 2. The largest absolute Gasteiger partial charge is 0.419 e. The summed E-state index contributed by atoms with van der Waals surface area (Å²) in [5.74, 6) is -0.420. The van der Waals surface area contributed by atoms with Crippen molar-refractivity contribution in [3.63, 3.8) is 0 Å². The Morgan fingerprint density at radius 1 is 1.23 bits per heavy atom. The molecule has 1 aromatic carbocycles. The van der Waals surface area contributed by atoms with E-state index in [-0.39, 0.29) is 23.6 Å². The first-order valence-corrected chi connectivity index (χ1v) is 9.19. The summed E-state index contributed by atoms with van der Waals surface area (Å²) in [6.45, 7) is 4.37. The predicted octanol–water partition coefficient (Wildman–Crippen LogP) is 4.08. The predicted molar refractivity (Wildman–Crippen MR) is 107 cm³/mol. The second-order valence-electron chi connectivity index (χ2n) is 6.60. The maximum atomic E-state index is 13.5. The van der Waals surface area contributed by atoms with Gasteiger partial charge in [-0.1, -0.05) is 18.2 Å². The fraction of sp³-hybridized carbons (Fsp3) is 0.250. The molecule has 0 aliphatic heterocycles. The highest BCUT2D eigenvalue weighted by molar-refractivity contribution is 5.94. The van der Waals surface area contributed by atoms with Crippen LogP contribution in [0.3, 0.4) is 0 Å². The summed E-state index contributed by atoms with van der Waals surface area (Å²) < 4.78 is 42.1. The van der Waals surface area contributed by atoms with Crippen molar-refractivity contribution in [3.05, 3.63) is 65.1 Å². The van der Waals surface area contributed by atoms with E-state index in [1.54, 1.807) is 36.0 Å². The van der Waals surface area contributed by atoms with Gasteiger partial charge in [0.2, 0.25) is 5.91 Å². The fourth-order valence-electron chi connectivity index (χ4n) is 2.94. The number of nitrogens with zero attached hydrogens (tertiary/aromatic N) is 3. The van der Waals surface area contributed by atoms with E-state index in [0.29, 0.717) is 23.5 Å². The van der Waals surface area contributed by atoms with Gasteiger partial charge in [-0.05, 0) is 25.5 Å². The molecule has 0 aliphatic rings. The zero-order valence-corrected chi connectivity index (χ0v) is 16.4. The minimum atomic E-state index is -4.60. The number of anilines is 3. The molecule has 3 aromatic rings. The number of hydrogen-bond acceptors (Lipinski definition) is 5. The third kappa shape index (κ3) is 4.70. The number of aryl methyl sites for hydroxylation is 2. The normalized spacial score (nSPS) is 11.4. The van der Waals surface area contributed by atoms with Crippen molar-refractivity contribution in [3.8, 4) is 0 Å². The van der Waals surface area contributed by atoms with Crippen molar-refractivity contribution in [2.75, 3.05) is 10.6 Å². The van der Waals surface area contributed by atoms with Crippen molar-refractivity contribution >= 4 is 23.1 Å². The fourth-order valence-corrected chi connectivity index (χ4v) is 2.94. The lowest BCUT2D eigenvalue weighted by molar-refractivity contribution is -0.137. The Balaban J connectivity index is 1.90. The van der Waals surface area contributed by atoms with Crippen LogP contribution in [0.25, 0.3) is 0 Å². The number of benzene rings is 1. The smallest absolute Gasteiger partial charge is 0.380 e. The Kier molecular flexibility index (Phi) is 5.95. The van der Waals surface area contributed by atoms with E-state index in [1.165, 1.54) is 12.1 Å². The van der Waals surface area contributed by atoms with Crippen molar-refractivity contribution in [2.45, 2.75) is 33.1 Å². The number of hydrogen-bond donors (Lipinski definition) is 3. The second-order valence-corrected chi connectivity index (χ2v) is 6.60. The van der Waals surface area contributed by atoms with E-state index in [2.05, 4.69) is 20.7 Å². The van der Waals surface area contributed by atoms with Gasteiger partial charge in [0.05, 0.1) is 22.6 Å². The molecule has 0 fully saturated rings. The molecule has 0 unspecified atom stereocenters. The van der Waals surface area contributed by atoms with E-state index in [4.69, 9.17) is 5.73 Å². The van der Waals surface area contributed by atoms with Gasteiger partial charge in [0.15, 0.2) is 0 Å². The Hall–Kier alpha value is -3.56. The first-order valence-electron chi connectivity index (χ1n) is 9.19. The maximum Gasteiger partial charge on any atom is 0.419 e. The summed E-state index contributed by atoms with van der Waals surface area (Å²) in [6, 6.07) is 7.75. The molecule has 0 radical (unpaired) electrons. The first-order chi connectivity index (χ1) is 14.2. The lowest BCUT2D eigenvalue weighted by atomic mass is 10.1. The van der Waals surface area contributed by atoms with Crippen LogP contribution in [0.5, 0.6) is 0 Å². The number of halogens is 3. The van der Waals surface area contributed by atoms with Crippen LogP contribution in [0, 0.1) is 6.92 Å². The third-order valence-electron chi connectivity index (χ3n) is 4.49. The molecule has 3 rings (SSSR count). The van der Waals surface area contributed by atoms with Crippen LogP contribution in [0.4, 0.5) is 30.4 Å². The van der Waals surface area contributed by atoms with Crippen LogP contribution in [0.15, 0.2) is 42.7 Å². The van der Waals surface area contributed by atoms with Gasteiger partial charge in [-0.25, -0.2) is 4.98 Å². The van der Waals surface area contributed by atoms with Crippen LogP contribution in [0.2, 0.25) is 0 Å². The Labute approximate surface area is 171 Å². The minimum Gasteiger partial charge on any atom is -0.380 e. The van der Waals surface area contributed by atoms with Crippen LogP contribution in [-0.4, -0.2) is 20.7 Å². The average molecular weight is 418 g/mol. The third-order valence-corrected chi connectivity index (χ3v) is 4.49. The number of aromatic nitrogens is 3. The van der Waals surface area contributed by atoms with Crippen LogP contribution >= 0.6 is 0 Å². The number of carbonyl (C=O) groups is 1. The molecule has 0 atom stereocenters. The Bertz CT molecular complexity index is 1060. The lowest BCUT2D eigenvalue weighted by Gasteiger charge is -2.16. The zero-order chi connectivity index (χ0) is 21.9. The number of carbonyl (C=O) groups excluding carboxylic acids is 1. The van der Waals surface area contributed by atoms with Crippen LogP contribution in [-0.2, 0) is 19.3 Å². The van der Waals surface area contributed by atoms with E-state index in [9.17, 15) is 18.0 Å².